The third-order valence-corrected chi connectivity index (χ3v) is 2.51. The molecule has 0 radical (unpaired) electrons. The van der Waals surface area contributed by atoms with Crippen LogP contribution in [0, 0.1) is 0 Å². The average Bonchev–Trinajstić information content (AvgIpc) is 2.15. The zero-order valence-corrected chi connectivity index (χ0v) is 9.41. The summed E-state index contributed by atoms with van der Waals surface area (Å²) < 4.78 is 42.5. The number of carbonyl (C=O) groups is 1. The number of alkyl halides is 3. The Morgan fingerprint density at radius 1 is 1.38 bits per heavy atom. The second kappa shape index (κ2) is 4.78. The minimum Gasteiger partial charge on any atom is -0.425 e. The quantitative estimate of drug-likeness (QED) is 0.457. The molecular formula is C10H9F3O2S. The molecule has 2 nitrogen and oxygen atoms in total. The molecule has 0 aliphatic rings. The fourth-order valence-electron chi connectivity index (χ4n) is 1.15. The van der Waals surface area contributed by atoms with Crippen molar-refractivity contribution in [2.75, 3.05) is 6.26 Å². The normalized spacial score (nSPS) is 11.3. The van der Waals surface area contributed by atoms with E-state index >= 15 is 0 Å². The molecule has 0 unspecified atom stereocenters. The van der Waals surface area contributed by atoms with Crippen LogP contribution in [0.4, 0.5) is 13.2 Å². The lowest BCUT2D eigenvalue weighted by Crippen LogP contribution is -2.11. The highest BCUT2D eigenvalue weighted by Gasteiger charge is 2.35. The minimum absolute atomic E-state index is 0.282. The lowest BCUT2D eigenvalue weighted by Gasteiger charge is -2.14. The zero-order valence-electron chi connectivity index (χ0n) is 8.59. The number of thioether (sulfide) groups is 1. The van der Waals surface area contributed by atoms with Crippen molar-refractivity contribution in [2.24, 2.45) is 0 Å². The highest BCUT2D eigenvalue weighted by atomic mass is 32.2. The smallest absolute Gasteiger partial charge is 0.420 e. The lowest BCUT2D eigenvalue weighted by atomic mass is 10.2. The molecule has 0 bridgehead atoms. The zero-order chi connectivity index (χ0) is 12.3. The third-order valence-electron chi connectivity index (χ3n) is 1.75. The first kappa shape index (κ1) is 12.9. The molecular weight excluding hydrogens is 241 g/mol. The molecule has 0 saturated heterocycles. The van der Waals surface area contributed by atoms with E-state index in [0.717, 1.165) is 24.8 Å². The lowest BCUT2D eigenvalue weighted by molar-refractivity contribution is -0.141. The van der Waals surface area contributed by atoms with Gasteiger partial charge in [-0.1, -0.05) is 6.07 Å². The van der Waals surface area contributed by atoms with E-state index in [-0.39, 0.29) is 4.90 Å². The van der Waals surface area contributed by atoms with Gasteiger partial charge in [0.1, 0.15) is 0 Å². The van der Waals surface area contributed by atoms with Crippen LogP contribution in [0.2, 0.25) is 0 Å². The van der Waals surface area contributed by atoms with Crippen LogP contribution in [0.25, 0.3) is 0 Å². The Kier molecular flexibility index (Phi) is 3.85. The number of hydrogen-bond acceptors (Lipinski definition) is 3. The van der Waals surface area contributed by atoms with Crippen LogP contribution in [0.3, 0.4) is 0 Å². The molecule has 16 heavy (non-hydrogen) atoms. The second-order valence-electron chi connectivity index (χ2n) is 2.93. The van der Waals surface area contributed by atoms with Crippen molar-refractivity contribution in [3.8, 4) is 5.75 Å². The van der Waals surface area contributed by atoms with Crippen molar-refractivity contribution in [1.29, 1.82) is 0 Å². The van der Waals surface area contributed by atoms with Crippen LogP contribution < -0.4 is 4.74 Å². The second-order valence-corrected chi connectivity index (χ2v) is 3.78. The molecule has 0 fully saturated rings. The molecule has 1 rings (SSSR count). The predicted molar refractivity (Wildman–Crippen MR) is 54.5 cm³/mol. The Bertz CT molecular complexity index is 402. The summed E-state index contributed by atoms with van der Waals surface area (Å²) in [6.07, 6.45) is -2.92. The van der Waals surface area contributed by atoms with Crippen molar-refractivity contribution >= 4 is 17.7 Å². The van der Waals surface area contributed by atoms with Gasteiger partial charge in [0.25, 0.3) is 0 Å². The van der Waals surface area contributed by atoms with Gasteiger partial charge in [0.05, 0.1) is 10.5 Å². The van der Waals surface area contributed by atoms with Gasteiger partial charge in [-0.2, -0.15) is 13.2 Å². The molecule has 0 heterocycles. The fraction of sp³-hybridized carbons (Fsp3) is 0.300. The summed E-state index contributed by atoms with van der Waals surface area (Å²) in [7, 11) is 0. The first-order valence-electron chi connectivity index (χ1n) is 4.29. The van der Waals surface area contributed by atoms with Gasteiger partial charge in [-0.25, -0.2) is 0 Å². The van der Waals surface area contributed by atoms with Gasteiger partial charge in [0, 0.05) is 6.92 Å². The maximum absolute atomic E-state index is 12.6. The molecule has 0 aromatic heterocycles. The van der Waals surface area contributed by atoms with E-state index in [9.17, 15) is 18.0 Å². The summed E-state index contributed by atoms with van der Waals surface area (Å²) >= 11 is 1.09. The number of hydrogen-bond donors (Lipinski definition) is 0. The van der Waals surface area contributed by atoms with Crippen LogP contribution in [0.5, 0.6) is 5.75 Å². The third kappa shape index (κ3) is 2.91. The summed E-state index contributed by atoms with van der Waals surface area (Å²) in [5.41, 5.74) is -0.936. The Labute approximate surface area is 94.8 Å². The average molecular weight is 250 g/mol. The van der Waals surface area contributed by atoms with Gasteiger partial charge in [0.2, 0.25) is 0 Å². The van der Waals surface area contributed by atoms with Crippen molar-refractivity contribution < 1.29 is 22.7 Å². The van der Waals surface area contributed by atoms with E-state index in [4.69, 9.17) is 0 Å². The molecule has 6 heteroatoms. The largest absolute Gasteiger partial charge is 0.425 e. The molecule has 0 aliphatic carbocycles. The minimum atomic E-state index is -4.53. The van der Waals surface area contributed by atoms with Gasteiger partial charge in [-0.15, -0.1) is 11.8 Å². The Morgan fingerprint density at radius 2 is 2.00 bits per heavy atom. The van der Waals surface area contributed by atoms with E-state index in [1.54, 1.807) is 6.26 Å². The number of esters is 1. The highest BCUT2D eigenvalue weighted by Crippen LogP contribution is 2.41. The molecule has 0 saturated carbocycles. The van der Waals surface area contributed by atoms with Crippen LogP contribution in [0.1, 0.15) is 12.5 Å². The molecule has 0 atom stereocenters. The fourth-order valence-corrected chi connectivity index (χ4v) is 1.70. The summed E-state index contributed by atoms with van der Waals surface area (Å²) in [5.74, 6) is -1.19. The molecule has 1 aromatic carbocycles. The van der Waals surface area contributed by atoms with E-state index in [2.05, 4.69) is 4.74 Å². The number of para-hydroxylation sites is 1. The van der Waals surface area contributed by atoms with Gasteiger partial charge < -0.3 is 4.74 Å². The van der Waals surface area contributed by atoms with Gasteiger partial charge in [-0.05, 0) is 18.4 Å². The number of halogens is 3. The van der Waals surface area contributed by atoms with Crippen molar-refractivity contribution in [2.45, 2.75) is 18.0 Å². The Balaban J connectivity index is 3.31. The van der Waals surface area contributed by atoms with Crippen molar-refractivity contribution in [3.63, 3.8) is 0 Å². The van der Waals surface area contributed by atoms with E-state index in [1.807, 2.05) is 0 Å². The van der Waals surface area contributed by atoms with Crippen LogP contribution >= 0.6 is 11.8 Å². The molecule has 0 aliphatic heterocycles. The molecule has 0 spiro atoms. The van der Waals surface area contributed by atoms with Gasteiger partial charge >= 0.3 is 12.1 Å². The molecule has 88 valence electrons. The van der Waals surface area contributed by atoms with Crippen LogP contribution in [-0.2, 0) is 11.0 Å². The topological polar surface area (TPSA) is 26.3 Å². The van der Waals surface area contributed by atoms with Crippen molar-refractivity contribution in [3.05, 3.63) is 23.8 Å². The summed E-state index contributed by atoms with van der Waals surface area (Å²) in [5, 5.41) is 0. The van der Waals surface area contributed by atoms with Gasteiger partial charge in [-0.3, -0.25) is 4.79 Å². The summed E-state index contributed by atoms with van der Waals surface area (Å²) in [6, 6.07) is 3.64. The molecule has 0 N–H and O–H groups in total. The standard InChI is InChI=1S/C10H9F3O2S/c1-6(14)15-9-7(10(11,12)13)4-3-5-8(9)16-2/h3-5H,1-2H3. The first-order valence-corrected chi connectivity index (χ1v) is 5.51. The first-order chi connectivity index (χ1) is 7.36. The van der Waals surface area contributed by atoms with E-state index in [1.165, 1.54) is 12.1 Å². The highest BCUT2D eigenvalue weighted by molar-refractivity contribution is 7.98. The van der Waals surface area contributed by atoms with E-state index < -0.39 is 23.5 Å². The summed E-state index contributed by atoms with van der Waals surface area (Å²) in [4.78, 5) is 11.0. The SMILES string of the molecule is CSc1cccc(C(F)(F)F)c1OC(C)=O. The predicted octanol–water partition coefficient (Wildman–Crippen LogP) is 3.35. The molecule has 0 amide bonds. The van der Waals surface area contributed by atoms with Crippen LogP contribution in [0.15, 0.2) is 23.1 Å². The van der Waals surface area contributed by atoms with Crippen molar-refractivity contribution in [1.82, 2.24) is 0 Å². The Morgan fingerprint density at radius 3 is 2.44 bits per heavy atom. The number of ether oxygens (including phenoxy) is 1. The maximum atomic E-state index is 12.6. The van der Waals surface area contributed by atoms with Gasteiger partial charge in [0.15, 0.2) is 5.75 Å². The molecule has 1 aromatic rings. The van der Waals surface area contributed by atoms with E-state index in [0.29, 0.717) is 0 Å². The monoisotopic (exact) mass is 250 g/mol. The number of carbonyl (C=O) groups excluding carboxylic acids is 1. The number of rotatable bonds is 2. The maximum Gasteiger partial charge on any atom is 0.420 e. The van der Waals surface area contributed by atoms with Crippen LogP contribution in [-0.4, -0.2) is 12.2 Å². The number of benzene rings is 1. The summed E-state index contributed by atoms with van der Waals surface area (Å²) in [6.45, 7) is 1.07. The Hall–Kier alpha value is -1.17.